The van der Waals surface area contributed by atoms with Crippen LogP contribution in [0.2, 0.25) is 0 Å². The standard InChI is InChI=1S/C20H23NO5/c1-25-18-6-12-3-4-21-10-14-5-16(23)19(26-2)7-13(14)9-20(21,11-22)15(12)8-17(18)24/h5-8,22-24H,3-4,9-11H2,1-2H3. The molecule has 2 aliphatic heterocycles. The van der Waals surface area contributed by atoms with Crippen LogP contribution < -0.4 is 9.47 Å². The SMILES string of the molecule is COc1cc2c(cc1O)CN1CCc3cc(OC)c(O)cc3C1(CO)C2. The molecule has 0 fully saturated rings. The number of benzene rings is 2. The molecule has 0 aromatic heterocycles. The number of hydrogen-bond donors (Lipinski definition) is 3. The van der Waals surface area contributed by atoms with Gasteiger partial charge < -0.3 is 24.8 Å². The summed E-state index contributed by atoms with van der Waals surface area (Å²) in [5.41, 5.74) is 3.48. The zero-order valence-corrected chi connectivity index (χ0v) is 15.0. The number of aliphatic hydroxyl groups is 1. The summed E-state index contributed by atoms with van der Waals surface area (Å²) in [6, 6.07) is 7.18. The number of phenolic OH excluding ortho intramolecular Hbond substituents is 2. The fraction of sp³-hybridized carbons (Fsp3) is 0.400. The fourth-order valence-electron chi connectivity index (χ4n) is 4.38. The number of aromatic hydroxyl groups is 2. The fourth-order valence-corrected chi connectivity index (χ4v) is 4.38. The average Bonchev–Trinajstić information content (AvgIpc) is 2.65. The molecule has 26 heavy (non-hydrogen) atoms. The molecule has 1 unspecified atom stereocenters. The van der Waals surface area contributed by atoms with Crippen molar-refractivity contribution in [2.75, 3.05) is 27.4 Å². The Morgan fingerprint density at radius 3 is 2.27 bits per heavy atom. The first-order valence-electron chi connectivity index (χ1n) is 8.67. The monoisotopic (exact) mass is 357 g/mol. The van der Waals surface area contributed by atoms with E-state index >= 15 is 0 Å². The summed E-state index contributed by atoms with van der Waals surface area (Å²) in [7, 11) is 3.06. The lowest BCUT2D eigenvalue weighted by Gasteiger charge is -2.50. The number of ether oxygens (including phenoxy) is 2. The number of aliphatic hydroxyl groups excluding tert-OH is 1. The lowest BCUT2D eigenvalue weighted by Crippen LogP contribution is -2.56. The summed E-state index contributed by atoms with van der Waals surface area (Å²) in [5, 5.41) is 30.8. The Morgan fingerprint density at radius 1 is 0.962 bits per heavy atom. The summed E-state index contributed by atoms with van der Waals surface area (Å²) in [6.45, 7) is 1.35. The van der Waals surface area contributed by atoms with Gasteiger partial charge in [0.05, 0.1) is 26.4 Å². The van der Waals surface area contributed by atoms with E-state index in [2.05, 4.69) is 4.90 Å². The first-order chi connectivity index (χ1) is 12.5. The van der Waals surface area contributed by atoms with Crippen molar-refractivity contribution in [2.45, 2.75) is 24.9 Å². The molecule has 6 nitrogen and oxygen atoms in total. The van der Waals surface area contributed by atoms with Gasteiger partial charge in [-0.3, -0.25) is 4.90 Å². The van der Waals surface area contributed by atoms with E-state index < -0.39 is 5.54 Å². The lowest BCUT2D eigenvalue weighted by molar-refractivity contribution is 0.000950. The van der Waals surface area contributed by atoms with Crippen LogP contribution in [-0.2, 0) is 24.9 Å². The molecule has 138 valence electrons. The Balaban J connectivity index is 1.86. The Kier molecular flexibility index (Phi) is 3.97. The molecular weight excluding hydrogens is 334 g/mol. The van der Waals surface area contributed by atoms with Crippen LogP contribution in [0.5, 0.6) is 23.0 Å². The van der Waals surface area contributed by atoms with Crippen LogP contribution in [0.15, 0.2) is 24.3 Å². The molecule has 2 aliphatic rings. The lowest BCUT2D eigenvalue weighted by atomic mass is 9.73. The molecule has 2 aromatic carbocycles. The van der Waals surface area contributed by atoms with Crippen LogP contribution in [0.4, 0.5) is 0 Å². The molecule has 3 N–H and O–H groups in total. The van der Waals surface area contributed by atoms with Crippen LogP contribution in [0, 0.1) is 0 Å². The van der Waals surface area contributed by atoms with Gasteiger partial charge in [0.15, 0.2) is 23.0 Å². The van der Waals surface area contributed by atoms with Gasteiger partial charge in [0.2, 0.25) is 0 Å². The summed E-state index contributed by atoms with van der Waals surface area (Å²) >= 11 is 0. The molecule has 2 heterocycles. The zero-order chi connectivity index (χ0) is 18.5. The first-order valence-corrected chi connectivity index (χ1v) is 8.67. The van der Waals surface area contributed by atoms with Gasteiger partial charge >= 0.3 is 0 Å². The topological polar surface area (TPSA) is 82.4 Å². The van der Waals surface area contributed by atoms with Crippen LogP contribution in [0.3, 0.4) is 0 Å². The maximum absolute atomic E-state index is 10.4. The zero-order valence-electron chi connectivity index (χ0n) is 15.0. The van der Waals surface area contributed by atoms with E-state index in [1.54, 1.807) is 12.1 Å². The predicted molar refractivity (Wildman–Crippen MR) is 95.9 cm³/mol. The molecule has 0 amide bonds. The van der Waals surface area contributed by atoms with Crippen molar-refractivity contribution < 1.29 is 24.8 Å². The third-order valence-electron chi connectivity index (χ3n) is 5.77. The van der Waals surface area contributed by atoms with Crippen molar-refractivity contribution in [1.29, 1.82) is 0 Å². The molecule has 0 bridgehead atoms. The number of methoxy groups -OCH3 is 2. The molecule has 1 atom stereocenters. The number of hydrogen-bond acceptors (Lipinski definition) is 6. The van der Waals surface area contributed by atoms with Crippen molar-refractivity contribution >= 4 is 0 Å². The van der Waals surface area contributed by atoms with Crippen molar-refractivity contribution in [2.24, 2.45) is 0 Å². The van der Waals surface area contributed by atoms with Gasteiger partial charge in [-0.05, 0) is 59.4 Å². The van der Waals surface area contributed by atoms with E-state index in [-0.39, 0.29) is 18.1 Å². The van der Waals surface area contributed by atoms with Crippen LogP contribution in [0.1, 0.15) is 22.3 Å². The predicted octanol–water partition coefficient (Wildman–Crippen LogP) is 1.92. The molecule has 0 saturated carbocycles. The van der Waals surface area contributed by atoms with Gasteiger partial charge in [-0.25, -0.2) is 0 Å². The Hall–Kier alpha value is -2.44. The quantitative estimate of drug-likeness (QED) is 0.779. The summed E-state index contributed by atoms with van der Waals surface area (Å²) < 4.78 is 10.5. The highest BCUT2D eigenvalue weighted by Gasteiger charge is 2.46. The minimum Gasteiger partial charge on any atom is -0.504 e. The summed E-state index contributed by atoms with van der Waals surface area (Å²) in [6.07, 6.45) is 1.39. The summed E-state index contributed by atoms with van der Waals surface area (Å²) in [5.74, 6) is 1.09. The molecule has 0 aliphatic carbocycles. The summed E-state index contributed by atoms with van der Waals surface area (Å²) in [4.78, 5) is 2.23. The van der Waals surface area contributed by atoms with E-state index in [1.165, 1.54) is 14.2 Å². The third-order valence-corrected chi connectivity index (χ3v) is 5.77. The van der Waals surface area contributed by atoms with E-state index in [0.717, 1.165) is 35.2 Å². The second-order valence-electron chi connectivity index (χ2n) is 7.01. The smallest absolute Gasteiger partial charge is 0.160 e. The normalized spacial score (nSPS) is 21.5. The number of nitrogens with zero attached hydrogens (tertiary/aromatic N) is 1. The molecule has 0 saturated heterocycles. The van der Waals surface area contributed by atoms with Gasteiger partial charge in [-0.2, -0.15) is 0 Å². The molecule has 0 spiro atoms. The van der Waals surface area contributed by atoms with Crippen molar-refractivity contribution in [3.05, 3.63) is 46.5 Å². The average molecular weight is 357 g/mol. The number of rotatable bonds is 3. The third kappa shape index (κ3) is 2.33. The number of phenols is 2. The second kappa shape index (κ2) is 6.07. The van der Waals surface area contributed by atoms with Crippen LogP contribution >= 0.6 is 0 Å². The number of fused-ring (bicyclic) bond motifs is 4. The minimum atomic E-state index is -0.605. The van der Waals surface area contributed by atoms with E-state index in [1.807, 2.05) is 12.1 Å². The second-order valence-corrected chi connectivity index (χ2v) is 7.01. The molecule has 0 radical (unpaired) electrons. The Morgan fingerprint density at radius 2 is 1.62 bits per heavy atom. The highest BCUT2D eigenvalue weighted by atomic mass is 16.5. The largest absolute Gasteiger partial charge is 0.504 e. The maximum Gasteiger partial charge on any atom is 0.160 e. The molecule has 6 heteroatoms. The highest BCUT2D eigenvalue weighted by molar-refractivity contribution is 5.54. The van der Waals surface area contributed by atoms with E-state index in [0.29, 0.717) is 24.5 Å². The van der Waals surface area contributed by atoms with Crippen molar-refractivity contribution in [1.82, 2.24) is 4.90 Å². The maximum atomic E-state index is 10.4. The molecule has 2 aromatic rings. The van der Waals surface area contributed by atoms with Crippen LogP contribution in [0.25, 0.3) is 0 Å². The van der Waals surface area contributed by atoms with Gasteiger partial charge in [0.25, 0.3) is 0 Å². The van der Waals surface area contributed by atoms with Crippen LogP contribution in [-0.4, -0.2) is 47.6 Å². The highest BCUT2D eigenvalue weighted by Crippen LogP contribution is 2.47. The van der Waals surface area contributed by atoms with E-state index in [4.69, 9.17) is 9.47 Å². The Labute approximate surface area is 152 Å². The van der Waals surface area contributed by atoms with Gasteiger partial charge in [0.1, 0.15) is 0 Å². The van der Waals surface area contributed by atoms with Crippen molar-refractivity contribution in [3.63, 3.8) is 0 Å². The Bertz CT molecular complexity index is 866. The van der Waals surface area contributed by atoms with Gasteiger partial charge in [0, 0.05) is 13.1 Å². The minimum absolute atomic E-state index is 0.0611. The van der Waals surface area contributed by atoms with E-state index in [9.17, 15) is 15.3 Å². The molecule has 4 rings (SSSR count). The van der Waals surface area contributed by atoms with Crippen molar-refractivity contribution in [3.8, 4) is 23.0 Å². The van der Waals surface area contributed by atoms with Gasteiger partial charge in [-0.15, -0.1) is 0 Å². The first kappa shape index (κ1) is 17.0. The van der Waals surface area contributed by atoms with Gasteiger partial charge in [-0.1, -0.05) is 0 Å². The molecular formula is C20H23NO5.